The molecule has 7 nitrogen and oxygen atoms in total. The van der Waals surface area contributed by atoms with E-state index in [0.29, 0.717) is 22.3 Å². The van der Waals surface area contributed by atoms with Crippen molar-refractivity contribution in [2.24, 2.45) is 5.92 Å². The molecule has 148 valence electrons. The van der Waals surface area contributed by atoms with Gasteiger partial charge in [0, 0.05) is 24.5 Å². The van der Waals surface area contributed by atoms with Gasteiger partial charge in [0.15, 0.2) is 12.4 Å². The van der Waals surface area contributed by atoms with E-state index in [0.717, 1.165) is 6.07 Å². The Balaban J connectivity index is 1.79. The number of aromatic nitrogens is 4. The van der Waals surface area contributed by atoms with Crippen LogP contribution in [0.2, 0.25) is 0 Å². The first-order valence-corrected chi connectivity index (χ1v) is 8.52. The summed E-state index contributed by atoms with van der Waals surface area (Å²) in [5.74, 6) is -1.29. The SMILES string of the molecule is CC(C)C(=O)Nc1nccc2nn(Cc3cnc(OCC(F)F)c(F)c3)cc12. The fourth-order valence-corrected chi connectivity index (χ4v) is 2.42. The fourth-order valence-electron chi connectivity index (χ4n) is 2.42. The maximum Gasteiger partial charge on any atom is 0.272 e. The number of carbonyl (C=O) groups excluding carboxylic acids is 1. The standard InChI is InChI=1S/C18H18F3N5O2/c1-10(2)17(27)24-16-12-8-26(25-14(12)3-4-22-16)7-11-5-13(19)18(23-6-11)28-9-15(20)21/h3-6,8,10,15H,7,9H2,1-2H3,(H,22,24,27). The molecule has 0 aliphatic heterocycles. The van der Waals surface area contributed by atoms with Crippen molar-refractivity contribution in [1.82, 2.24) is 19.7 Å². The summed E-state index contributed by atoms with van der Waals surface area (Å²) in [5, 5.41) is 7.77. The number of fused-ring (bicyclic) bond motifs is 1. The zero-order valence-corrected chi connectivity index (χ0v) is 15.2. The third-order valence-corrected chi connectivity index (χ3v) is 3.80. The molecule has 1 amide bonds. The van der Waals surface area contributed by atoms with Crippen molar-refractivity contribution < 1.29 is 22.7 Å². The van der Waals surface area contributed by atoms with Gasteiger partial charge in [-0.15, -0.1) is 0 Å². The number of carbonyl (C=O) groups is 1. The largest absolute Gasteiger partial charge is 0.470 e. The van der Waals surface area contributed by atoms with Crippen LogP contribution in [-0.4, -0.2) is 38.7 Å². The van der Waals surface area contributed by atoms with Gasteiger partial charge < -0.3 is 10.1 Å². The normalized spacial score (nSPS) is 11.4. The molecule has 3 aromatic heterocycles. The summed E-state index contributed by atoms with van der Waals surface area (Å²) >= 11 is 0. The summed E-state index contributed by atoms with van der Waals surface area (Å²) in [6.07, 6.45) is 1.83. The minimum atomic E-state index is -2.71. The Bertz CT molecular complexity index is 991. The second-order valence-corrected chi connectivity index (χ2v) is 6.40. The van der Waals surface area contributed by atoms with E-state index in [1.54, 1.807) is 30.8 Å². The predicted octanol–water partition coefficient (Wildman–Crippen LogP) is 3.25. The van der Waals surface area contributed by atoms with E-state index < -0.39 is 24.7 Å². The number of hydrogen-bond acceptors (Lipinski definition) is 5. The number of halogens is 3. The van der Waals surface area contributed by atoms with Crippen molar-refractivity contribution >= 4 is 22.6 Å². The van der Waals surface area contributed by atoms with Gasteiger partial charge in [-0.05, 0) is 17.7 Å². The molecule has 0 atom stereocenters. The lowest BCUT2D eigenvalue weighted by Gasteiger charge is -2.07. The third kappa shape index (κ3) is 4.56. The van der Waals surface area contributed by atoms with Crippen LogP contribution in [0.4, 0.5) is 19.0 Å². The van der Waals surface area contributed by atoms with Gasteiger partial charge in [0.25, 0.3) is 12.3 Å². The molecule has 0 aliphatic carbocycles. The molecule has 28 heavy (non-hydrogen) atoms. The molecular weight excluding hydrogens is 375 g/mol. The number of nitrogens with zero attached hydrogens (tertiary/aromatic N) is 4. The van der Waals surface area contributed by atoms with Gasteiger partial charge in [0.05, 0.1) is 17.4 Å². The molecule has 0 saturated carbocycles. The highest BCUT2D eigenvalue weighted by atomic mass is 19.3. The molecule has 10 heteroatoms. The summed E-state index contributed by atoms with van der Waals surface area (Å²) in [7, 11) is 0. The molecule has 0 aliphatic rings. The lowest BCUT2D eigenvalue weighted by atomic mass is 10.2. The number of pyridine rings is 2. The molecule has 0 saturated heterocycles. The molecule has 0 aromatic carbocycles. The first kappa shape index (κ1) is 19.6. The van der Waals surface area contributed by atoms with E-state index >= 15 is 0 Å². The van der Waals surface area contributed by atoms with Crippen molar-refractivity contribution in [3.8, 4) is 5.88 Å². The van der Waals surface area contributed by atoms with Gasteiger partial charge >= 0.3 is 0 Å². The second kappa shape index (κ2) is 8.24. The van der Waals surface area contributed by atoms with Crippen molar-refractivity contribution in [1.29, 1.82) is 0 Å². The molecule has 1 N–H and O–H groups in total. The molecule has 3 rings (SSSR count). The lowest BCUT2D eigenvalue weighted by molar-refractivity contribution is -0.118. The molecule has 3 aromatic rings. The molecule has 0 spiro atoms. The Hall–Kier alpha value is -3.17. The molecule has 0 radical (unpaired) electrons. The van der Waals surface area contributed by atoms with Gasteiger partial charge in [-0.2, -0.15) is 5.10 Å². The van der Waals surface area contributed by atoms with Crippen LogP contribution >= 0.6 is 0 Å². The number of amides is 1. The lowest BCUT2D eigenvalue weighted by Crippen LogP contribution is -2.18. The van der Waals surface area contributed by atoms with E-state index in [1.807, 2.05) is 0 Å². The van der Waals surface area contributed by atoms with E-state index in [9.17, 15) is 18.0 Å². The Labute approximate surface area is 158 Å². The zero-order valence-electron chi connectivity index (χ0n) is 15.2. The number of hydrogen-bond donors (Lipinski definition) is 1. The summed E-state index contributed by atoms with van der Waals surface area (Å²) in [5.41, 5.74) is 1.08. The molecule has 0 fully saturated rings. The highest BCUT2D eigenvalue weighted by molar-refractivity contribution is 5.99. The maximum absolute atomic E-state index is 14.0. The Morgan fingerprint density at radius 2 is 2.11 bits per heavy atom. The summed E-state index contributed by atoms with van der Waals surface area (Å²) in [4.78, 5) is 19.8. The van der Waals surface area contributed by atoms with Crippen LogP contribution in [0.15, 0.2) is 30.7 Å². The van der Waals surface area contributed by atoms with E-state index in [2.05, 4.69) is 25.1 Å². The second-order valence-electron chi connectivity index (χ2n) is 6.40. The molecule has 0 unspecified atom stereocenters. The summed E-state index contributed by atoms with van der Waals surface area (Å²) < 4.78 is 44.5. The van der Waals surface area contributed by atoms with Gasteiger partial charge in [-0.1, -0.05) is 13.8 Å². The topological polar surface area (TPSA) is 81.9 Å². The average Bonchev–Trinajstić information content (AvgIpc) is 3.04. The van der Waals surface area contributed by atoms with Gasteiger partial charge in [-0.3, -0.25) is 9.48 Å². The predicted molar refractivity (Wildman–Crippen MR) is 95.8 cm³/mol. The minimum Gasteiger partial charge on any atom is -0.470 e. The number of anilines is 1. The fraction of sp³-hybridized carbons (Fsp3) is 0.333. The van der Waals surface area contributed by atoms with Gasteiger partial charge in [0.1, 0.15) is 5.82 Å². The maximum atomic E-state index is 14.0. The monoisotopic (exact) mass is 393 g/mol. The summed E-state index contributed by atoms with van der Waals surface area (Å²) in [6, 6.07) is 2.84. The Kier molecular flexibility index (Phi) is 5.76. The van der Waals surface area contributed by atoms with Crippen LogP contribution in [0.5, 0.6) is 5.88 Å². The van der Waals surface area contributed by atoms with Gasteiger partial charge in [-0.25, -0.2) is 23.1 Å². The van der Waals surface area contributed by atoms with E-state index in [4.69, 9.17) is 0 Å². The van der Waals surface area contributed by atoms with E-state index in [1.165, 1.54) is 12.4 Å². The zero-order chi connectivity index (χ0) is 20.3. The molecule has 0 bridgehead atoms. The highest BCUT2D eigenvalue weighted by Gasteiger charge is 2.14. The smallest absolute Gasteiger partial charge is 0.272 e. The minimum absolute atomic E-state index is 0.168. The first-order valence-electron chi connectivity index (χ1n) is 8.52. The van der Waals surface area contributed by atoms with Crippen LogP contribution in [0, 0.1) is 11.7 Å². The Morgan fingerprint density at radius 3 is 2.79 bits per heavy atom. The van der Waals surface area contributed by atoms with Crippen LogP contribution in [0.3, 0.4) is 0 Å². The van der Waals surface area contributed by atoms with Crippen LogP contribution < -0.4 is 10.1 Å². The number of nitrogens with one attached hydrogen (secondary N) is 1. The first-order chi connectivity index (χ1) is 13.3. The molecular formula is C18H18F3N5O2. The number of alkyl halides is 2. The summed E-state index contributed by atoms with van der Waals surface area (Å²) in [6.45, 7) is 2.81. The van der Waals surface area contributed by atoms with Crippen molar-refractivity contribution in [2.45, 2.75) is 26.8 Å². The van der Waals surface area contributed by atoms with Crippen molar-refractivity contribution in [3.63, 3.8) is 0 Å². The van der Waals surface area contributed by atoms with E-state index in [-0.39, 0.29) is 18.4 Å². The number of rotatable bonds is 7. The van der Waals surface area contributed by atoms with Crippen LogP contribution in [-0.2, 0) is 11.3 Å². The van der Waals surface area contributed by atoms with Crippen LogP contribution in [0.25, 0.3) is 10.9 Å². The van der Waals surface area contributed by atoms with Gasteiger partial charge in [0.2, 0.25) is 5.91 Å². The van der Waals surface area contributed by atoms with Crippen LogP contribution in [0.1, 0.15) is 19.4 Å². The quantitative estimate of drug-likeness (QED) is 0.666. The average molecular weight is 393 g/mol. The van der Waals surface area contributed by atoms with Crippen molar-refractivity contribution in [2.75, 3.05) is 11.9 Å². The molecule has 3 heterocycles. The third-order valence-electron chi connectivity index (χ3n) is 3.80. The van der Waals surface area contributed by atoms with Crippen molar-refractivity contribution in [3.05, 3.63) is 42.1 Å². The Morgan fingerprint density at radius 1 is 1.32 bits per heavy atom. The number of ether oxygens (including phenoxy) is 1. The highest BCUT2D eigenvalue weighted by Crippen LogP contribution is 2.22.